The van der Waals surface area contributed by atoms with Gasteiger partial charge in [-0.2, -0.15) is 0 Å². The van der Waals surface area contributed by atoms with Crippen LogP contribution in [0.1, 0.15) is 25.7 Å². The number of rotatable bonds is 3. The summed E-state index contributed by atoms with van der Waals surface area (Å²) < 4.78 is 4.71. The molecule has 1 fully saturated rings. The van der Waals surface area contributed by atoms with Crippen LogP contribution in [0, 0.1) is 17.2 Å². The normalized spacial score (nSPS) is 25.7. The molecule has 0 aromatic heterocycles. The first-order valence-corrected chi connectivity index (χ1v) is 5.29. The van der Waals surface area contributed by atoms with Gasteiger partial charge < -0.3 is 15.8 Å². The molecular weight excluding hydrogens is 194 g/mol. The monoisotopic (exact) mass is 213 g/mol. The Labute approximate surface area is 89.9 Å². The SMILES string of the molecule is COC(=O)C1CCC(CNC(=N)N)CC1. The third-order valence-electron chi connectivity index (χ3n) is 2.96. The first kappa shape index (κ1) is 11.8. The average molecular weight is 213 g/mol. The summed E-state index contributed by atoms with van der Waals surface area (Å²) >= 11 is 0. The van der Waals surface area contributed by atoms with Gasteiger partial charge in [0.05, 0.1) is 13.0 Å². The van der Waals surface area contributed by atoms with Gasteiger partial charge in [-0.25, -0.2) is 0 Å². The van der Waals surface area contributed by atoms with Crippen LogP contribution in [0.3, 0.4) is 0 Å². The molecule has 0 aromatic rings. The van der Waals surface area contributed by atoms with Crippen molar-refractivity contribution in [1.82, 2.24) is 5.32 Å². The zero-order valence-electron chi connectivity index (χ0n) is 9.08. The highest BCUT2D eigenvalue weighted by Gasteiger charge is 2.26. The van der Waals surface area contributed by atoms with E-state index in [0.717, 1.165) is 32.2 Å². The van der Waals surface area contributed by atoms with Crippen LogP contribution in [-0.4, -0.2) is 25.6 Å². The first-order chi connectivity index (χ1) is 7.13. The van der Waals surface area contributed by atoms with Crippen LogP contribution in [0.5, 0.6) is 0 Å². The summed E-state index contributed by atoms with van der Waals surface area (Å²) in [7, 11) is 1.44. The van der Waals surface area contributed by atoms with Gasteiger partial charge in [0.1, 0.15) is 0 Å². The summed E-state index contributed by atoms with van der Waals surface area (Å²) in [6.07, 6.45) is 3.77. The molecule has 0 spiro atoms. The van der Waals surface area contributed by atoms with Gasteiger partial charge in [-0.05, 0) is 31.6 Å². The van der Waals surface area contributed by atoms with E-state index in [1.54, 1.807) is 0 Å². The van der Waals surface area contributed by atoms with Crippen LogP contribution in [0.4, 0.5) is 0 Å². The summed E-state index contributed by atoms with van der Waals surface area (Å²) in [4.78, 5) is 11.2. The molecule has 5 heteroatoms. The highest BCUT2D eigenvalue weighted by Crippen LogP contribution is 2.28. The summed E-state index contributed by atoms with van der Waals surface area (Å²) in [5.74, 6) is 0.524. The topological polar surface area (TPSA) is 88.2 Å². The second kappa shape index (κ2) is 5.58. The molecule has 0 amide bonds. The Balaban J connectivity index is 2.23. The molecule has 0 saturated heterocycles. The van der Waals surface area contributed by atoms with Crippen molar-refractivity contribution in [3.63, 3.8) is 0 Å². The molecule has 0 aromatic carbocycles. The van der Waals surface area contributed by atoms with Gasteiger partial charge in [-0.15, -0.1) is 0 Å². The molecule has 1 rings (SSSR count). The van der Waals surface area contributed by atoms with Crippen molar-refractivity contribution < 1.29 is 9.53 Å². The fourth-order valence-electron chi connectivity index (χ4n) is 2.02. The quantitative estimate of drug-likeness (QED) is 0.361. The molecule has 0 radical (unpaired) electrons. The van der Waals surface area contributed by atoms with E-state index in [1.807, 2.05) is 0 Å². The minimum atomic E-state index is -0.0898. The lowest BCUT2D eigenvalue weighted by Crippen LogP contribution is -2.36. The van der Waals surface area contributed by atoms with Crippen LogP contribution in [0.2, 0.25) is 0 Å². The molecule has 0 bridgehead atoms. The Morgan fingerprint density at radius 1 is 1.47 bits per heavy atom. The molecule has 0 unspecified atom stereocenters. The molecule has 1 saturated carbocycles. The molecule has 0 heterocycles. The van der Waals surface area contributed by atoms with Crippen LogP contribution in [0.15, 0.2) is 0 Å². The van der Waals surface area contributed by atoms with Crippen molar-refractivity contribution in [3.05, 3.63) is 0 Å². The molecule has 1 aliphatic carbocycles. The summed E-state index contributed by atoms with van der Waals surface area (Å²) in [5.41, 5.74) is 5.20. The molecule has 5 nitrogen and oxygen atoms in total. The molecule has 1 aliphatic rings. The average Bonchev–Trinajstić information content (AvgIpc) is 2.26. The van der Waals surface area contributed by atoms with Crippen molar-refractivity contribution in [2.24, 2.45) is 17.6 Å². The predicted molar refractivity (Wildman–Crippen MR) is 57.4 cm³/mol. The van der Waals surface area contributed by atoms with Crippen molar-refractivity contribution in [3.8, 4) is 0 Å². The molecule has 86 valence electrons. The van der Waals surface area contributed by atoms with Gasteiger partial charge in [0.2, 0.25) is 0 Å². The minimum absolute atomic E-state index is 0.0186. The maximum Gasteiger partial charge on any atom is 0.308 e. The number of carbonyl (C=O) groups excluding carboxylic acids is 1. The number of esters is 1. The number of carbonyl (C=O) groups is 1. The van der Waals surface area contributed by atoms with Crippen molar-refractivity contribution in [2.45, 2.75) is 25.7 Å². The van der Waals surface area contributed by atoms with E-state index in [1.165, 1.54) is 7.11 Å². The van der Waals surface area contributed by atoms with Crippen LogP contribution in [0.25, 0.3) is 0 Å². The number of nitrogens with one attached hydrogen (secondary N) is 2. The van der Waals surface area contributed by atoms with E-state index in [4.69, 9.17) is 15.9 Å². The second-order valence-electron chi connectivity index (χ2n) is 4.04. The van der Waals surface area contributed by atoms with Crippen molar-refractivity contribution in [2.75, 3.05) is 13.7 Å². The lowest BCUT2D eigenvalue weighted by Gasteiger charge is -2.26. The van der Waals surface area contributed by atoms with E-state index in [2.05, 4.69) is 5.32 Å². The molecule has 0 aliphatic heterocycles. The van der Waals surface area contributed by atoms with Gasteiger partial charge in [0.15, 0.2) is 5.96 Å². The first-order valence-electron chi connectivity index (χ1n) is 5.29. The van der Waals surface area contributed by atoms with E-state index >= 15 is 0 Å². The van der Waals surface area contributed by atoms with Crippen molar-refractivity contribution >= 4 is 11.9 Å². The fourth-order valence-corrected chi connectivity index (χ4v) is 2.02. The van der Waals surface area contributed by atoms with E-state index in [0.29, 0.717) is 5.92 Å². The van der Waals surface area contributed by atoms with E-state index < -0.39 is 0 Å². The Kier molecular flexibility index (Phi) is 4.39. The molecule has 0 atom stereocenters. The second-order valence-corrected chi connectivity index (χ2v) is 4.04. The number of guanidine groups is 1. The largest absolute Gasteiger partial charge is 0.469 e. The van der Waals surface area contributed by atoms with Gasteiger partial charge in [-0.1, -0.05) is 0 Å². The standard InChI is InChI=1S/C10H19N3O2/c1-15-9(14)8-4-2-7(3-5-8)6-13-10(11)12/h7-8H,2-6H2,1H3,(H4,11,12,13). The highest BCUT2D eigenvalue weighted by molar-refractivity contribution is 5.74. The Morgan fingerprint density at radius 3 is 2.53 bits per heavy atom. The Bertz CT molecular complexity index is 235. The number of methoxy groups -OCH3 is 1. The zero-order chi connectivity index (χ0) is 11.3. The third-order valence-corrected chi connectivity index (χ3v) is 2.96. The number of nitrogens with two attached hydrogens (primary N) is 1. The van der Waals surface area contributed by atoms with Gasteiger partial charge in [0.25, 0.3) is 0 Å². The highest BCUT2D eigenvalue weighted by atomic mass is 16.5. The third kappa shape index (κ3) is 3.77. The van der Waals surface area contributed by atoms with E-state index in [9.17, 15) is 4.79 Å². The van der Waals surface area contributed by atoms with Crippen LogP contribution >= 0.6 is 0 Å². The zero-order valence-corrected chi connectivity index (χ0v) is 9.08. The number of hydrogen-bond donors (Lipinski definition) is 3. The number of ether oxygens (including phenoxy) is 1. The van der Waals surface area contributed by atoms with Crippen molar-refractivity contribution in [1.29, 1.82) is 5.41 Å². The van der Waals surface area contributed by atoms with Crippen LogP contribution < -0.4 is 11.1 Å². The number of hydrogen-bond acceptors (Lipinski definition) is 3. The minimum Gasteiger partial charge on any atom is -0.469 e. The maximum absolute atomic E-state index is 11.2. The Morgan fingerprint density at radius 2 is 2.07 bits per heavy atom. The molecular formula is C10H19N3O2. The molecule has 4 N–H and O–H groups in total. The predicted octanol–water partition coefficient (Wildman–Crippen LogP) is 0.449. The fraction of sp³-hybridized carbons (Fsp3) is 0.800. The summed E-state index contributed by atoms with van der Waals surface area (Å²) in [5, 5.41) is 9.86. The molecule has 15 heavy (non-hydrogen) atoms. The lowest BCUT2D eigenvalue weighted by atomic mass is 9.82. The maximum atomic E-state index is 11.2. The van der Waals surface area contributed by atoms with E-state index in [-0.39, 0.29) is 17.8 Å². The summed E-state index contributed by atoms with van der Waals surface area (Å²) in [6.45, 7) is 0.739. The smallest absolute Gasteiger partial charge is 0.308 e. The lowest BCUT2D eigenvalue weighted by molar-refractivity contribution is -0.146. The van der Waals surface area contributed by atoms with Gasteiger partial charge in [0, 0.05) is 6.54 Å². The summed E-state index contributed by atoms with van der Waals surface area (Å²) in [6, 6.07) is 0. The Hall–Kier alpha value is -1.26. The van der Waals surface area contributed by atoms with Gasteiger partial charge >= 0.3 is 5.97 Å². The van der Waals surface area contributed by atoms with Crippen LogP contribution in [-0.2, 0) is 9.53 Å². The van der Waals surface area contributed by atoms with Gasteiger partial charge in [-0.3, -0.25) is 10.2 Å².